The fraction of sp³-hybridized carbons (Fsp3) is 0.519. The highest BCUT2D eigenvalue weighted by atomic mass is 16.5. The molecular weight excluding hydrogens is 448 g/mol. The van der Waals surface area contributed by atoms with Crippen LogP contribution in [0.25, 0.3) is 0 Å². The largest absolute Gasteiger partial charge is 0.493 e. The Kier molecular flexibility index (Phi) is 9.63. The number of benzene rings is 2. The van der Waals surface area contributed by atoms with Crippen LogP contribution in [0.5, 0.6) is 23.0 Å². The molecule has 0 fully saturated rings. The summed E-state index contributed by atoms with van der Waals surface area (Å²) in [6.45, 7) is 3.01. The number of fused-ring (bicyclic) bond motifs is 1. The molecule has 1 atom stereocenters. The lowest BCUT2D eigenvalue weighted by Crippen LogP contribution is -2.36. The maximum absolute atomic E-state index is 12.9. The Balaban J connectivity index is 1.47. The molecule has 3 rings (SSSR count). The van der Waals surface area contributed by atoms with Crippen LogP contribution < -0.4 is 18.9 Å². The third kappa shape index (κ3) is 6.58. The number of hydrogen-bond acceptors (Lipinski definition) is 7. The minimum absolute atomic E-state index is 0.257. The number of carbonyl (C=O) groups is 1. The number of carbonyl (C=O) groups excluding carboxylic acids is 1. The molecule has 1 aliphatic heterocycles. The van der Waals surface area contributed by atoms with Crippen molar-refractivity contribution in [1.29, 1.82) is 0 Å². The second-order valence-electron chi connectivity index (χ2n) is 8.83. The number of aliphatic hydroxyl groups excluding tert-OH is 1. The number of rotatable bonds is 12. The Morgan fingerprint density at radius 3 is 2.23 bits per heavy atom. The van der Waals surface area contributed by atoms with Gasteiger partial charge in [0, 0.05) is 13.1 Å². The standard InChI is InChI=1S/C27H38N2O6/c1-28(12-6-8-19-9-10-22(32-2)23(16-19)33-3)13-7-14-29-15-11-20-17-24(34-4)25(35-5)18-21(20)26(30)27(29)31/h9-10,16-18,26,30H,6-8,11-15H2,1-5H3. The first-order valence-corrected chi connectivity index (χ1v) is 12.0. The van der Waals surface area contributed by atoms with Gasteiger partial charge in [-0.05, 0) is 86.8 Å². The fourth-order valence-electron chi connectivity index (χ4n) is 4.53. The van der Waals surface area contributed by atoms with E-state index >= 15 is 0 Å². The van der Waals surface area contributed by atoms with Crippen molar-refractivity contribution in [1.82, 2.24) is 9.80 Å². The molecule has 192 valence electrons. The van der Waals surface area contributed by atoms with E-state index in [4.69, 9.17) is 18.9 Å². The van der Waals surface area contributed by atoms with Crippen molar-refractivity contribution in [3.63, 3.8) is 0 Å². The van der Waals surface area contributed by atoms with Crippen LogP contribution in [-0.4, -0.2) is 82.5 Å². The van der Waals surface area contributed by atoms with Crippen molar-refractivity contribution in [3.8, 4) is 23.0 Å². The van der Waals surface area contributed by atoms with Gasteiger partial charge in [-0.15, -0.1) is 0 Å². The van der Waals surface area contributed by atoms with Gasteiger partial charge in [-0.2, -0.15) is 0 Å². The van der Waals surface area contributed by atoms with E-state index in [0.717, 1.165) is 49.4 Å². The number of hydrogen-bond donors (Lipinski definition) is 1. The second kappa shape index (κ2) is 12.7. The molecule has 8 heteroatoms. The van der Waals surface area contributed by atoms with E-state index in [-0.39, 0.29) is 5.91 Å². The Labute approximate surface area is 208 Å². The van der Waals surface area contributed by atoms with Gasteiger partial charge in [0.1, 0.15) is 0 Å². The van der Waals surface area contributed by atoms with E-state index in [1.54, 1.807) is 39.4 Å². The van der Waals surface area contributed by atoms with Gasteiger partial charge in [-0.3, -0.25) is 4.79 Å². The molecule has 8 nitrogen and oxygen atoms in total. The lowest BCUT2D eigenvalue weighted by Gasteiger charge is -2.24. The number of ether oxygens (including phenoxy) is 4. The molecule has 0 saturated carbocycles. The minimum Gasteiger partial charge on any atom is -0.493 e. The molecule has 0 bridgehead atoms. The van der Waals surface area contributed by atoms with Crippen LogP contribution in [0.15, 0.2) is 30.3 Å². The summed E-state index contributed by atoms with van der Waals surface area (Å²) in [6.07, 6.45) is 2.29. The topological polar surface area (TPSA) is 80.7 Å². The maximum Gasteiger partial charge on any atom is 0.256 e. The Bertz CT molecular complexity index is 996. The van der Waals surface area contributed by atoms with Crippen LogP contribution in [0.3, 0.4) is 0 Å². The molecule has 35 heavy (non-hydrogen) atoms. The molecule has 1 unspecified atom stereocenters. The minimum atomic E-state index is -1.19. The van der Waals surface area contributed by atoms with Crippen molar-refractivity contribution in [2.24, 2.45) is 0 Å². The fourth-order valence-corrected chi connectivity index (χ4v) is 4.53. The number of methoxy groups -OCH3 is 4. The summed E-state index contributed by atoms with van der Waals surface area (Å²) in [7, 11) is 8.52. The first kappa shape index (κ1) is 26.6. The monoisotopic (exact) mass is 486 g/mol. The molecular formula is C27H38N2O6. The lowest BCUT2D eigenvalue weighted by atomic mass is 10.00. The lowest BCUT2D eigenvalue weighted by molar-refractivity contribution is -0.140. The average Bonchev–Trinajstić information content (AvgIpc) is 2.99. The molecule has 0 aromatic heterocycles. The Morgan fingerprint density at radius 1 is 0.914 bits per heavy atom. The van der Waals surface area contributed by atoms with Gasteiger partial charge < -0.3 is 33.9 Å². The Morgan fingerprint density at radius 2 is 1.54 bits per heavy atom. The van der Waals surface area contributed by atoms with E-state index in [1.165, 1.54) is 5.56 Å². The third-order valence-electron chi connectivity index (χ3n) is 6.56. The van der Waals surface area contributed by atoms with E-state index in [2.05, 4.69) is 18.0 Å². The Hall–Kier alpha value is -2.97. The van der Waals surface area contributed by atoms with Gasteiger partial charge >= 0.3 is 0 Å². The summed E-state index contributed by atoms with van der Waals surface area (Å²) in [5.74, 6) is 2.35. The molecule has 0 aliphatic carbocycles. The van der Waals surface area contributed by atoms with Crippen LogP contribution in [0, 0.1) is 0 Å². The first-order chi connectivity index (χ1) is 16.9. The van der Waals surface area contributed by atoms with E-state index in [1.807, 2.05) is 18.2 Å². The van der Waals surface area contributed by atoms with Gasteiger partial charge in [0.2, 0.25) is 0 Å². The number of amides is 1. The molecule has 0 saturated heterocycles. The highest BCUT2D eigenvalue weighted by molar-refractivity contribution is 5.83. The SMILES string of the molecule is COc1ccc(CCCN(C)CCCN2CCc3cc(OC)c(OC)cc3C(O)C2=O)cc1OC. The third-order valence-corrected chi connectivity index (χ3v) is 6.56. The average molecular weight is 487 g/mol. The molecule has 2 aromatic rings. The zero-order valence-electron chi connectivity index (χ0n) is 21.5. The van der Waals surface area contributed by atoms with Crippen molar-refractivity contribution in [3.05, 3.63) is 47.0 Å². The summed E-state index contributed by atoms with van der Waals surface area (Å²) >= 11 is 0. The zero-order valence-corrected chi connectivity index (χ0v) is 21.5. The molecule has 2 aromatic carbocycles. The van der Waals surface area contributed by atoms with Crippen molar-refractivity contribution >= 4 is 5.91 Å². The molecule has 1 amide bonds. The van der Waals surface area contributed by atoms with E-state index in [9.17, 15) is 9.90 Å². The van der Waals surface area contributed by atoms with Crippen molar-refractivity contribution in [2.75, 3.05) is 61.7 Å². The van der Waals surface area contributed by atoms with Crippen LogP contribution in [0.1, 0.15) is 35.6 Å². The van der Waals surface area contributed by atoms with Crippen LogP contribution in [0.4, 0.5) is 0 Å². The normalized spacial score (nSPS) is 15.6. The quantitative estimate of drug-likeness (QED) is 0.494. The van der Waals surface area contributed by atoms with E-state index in [0.29, 0.717) is 36.6 Å². The first-order valence-electron chi connectivity index (χ1n) is 12.0. The number of aryl methyl sites for hydroxylation is 1. The summed E-state index contributed by atoms with van der Waals surface area (Å²) < 4.78 is 21.4. The number of aliphatic hydroxyl groups is 1. The van der Waals surface area contributed by atoms with Gasteiger partial charge in [0.15, 0.2) is 29.1 Å². The van der Waals surface area contributed by atoms with Crippen LogP contribution >= 0.6 is 0 Å². The number of nitrogens with zero attached hydrogens (tertiary/aromatic N) is 2. The van der Waals surface area contributed by atoms with E-state index < -0.39 is 6.10 Å². The second-order valence-corrected chi connectivity index (χ2v) is 8.83. The highest BCUT2D eigenvalue weighted by Gasteiger charge is 2.30. The highest BCUT2D eigenvalue weighted by Crippen LogP contribution is 2.35. The summed E-state index contributed by atoms with van der Waals surface area (Å²) in [6, 6.07) is 9.61. The predicted octanol–water partition coefficient (Wildman–Crippen LogP) is 3.09. The van der Waals surface area contributed by atoms with Crippen molar-refractivity contribution < 1.29 is 28.8 Å². The van der Waals surface area contributed by atoms with Gasteiger partial charge in [0.25, 0.3) is 5.91 Å². The maximum atomic E-state index is 12.9. The zero-order chi connectivity index (χ0) is 25.4. The molecule has 0 spiro atoms. The molecule has 1 N–H and O–H groups in total. The molecule has 1 aliphatic rings. The van der Waals surface area contributed by atoms with Crippen LogP contribution in [-0.2, 0) is 17.6 Å². The molecule has 0 radical (unpaired) electrons. The van der Waals surface area contributed by atoms with Crippen LogP contribution in [0.2, 0.25) is 0 Å². The summed E-state index contributed by atoms with van der Waals surface area (Å²) in [5, 5.41) is 10.8. The smallest absolute Gasteiger partial charge is 0.256 e. The van der Waals surface area contributed by atoms with Gasteiger partial charge in [0.05, 0.1) is 28.4 Å². The summed E-state index contributed by atoms with van der Waals surface area (Å²) in [5.41, 5.74) is 2.73. The van der Waals surface area contributed by atoms with Crippen molar-refractivity contribution in [2.45, 2.75) is 31.8 Å². The van der Waals surface area contributed by atoms with Gasteiger partial charge in [-0.25, -0.2) is 0 Å². The predicted molar refractivity (Wildman–Crippen MR) is 135 cm³/mol. The summed E-state index contributed by atoms with van der Waals surface area (Å²) in [4.78, 5) is 17.0. The molecule has 1 heterocycles. The van der Waals surface area contributed by atoms with Gasteiger partial charge in [-0.1, -0.05) is 6.07 Å².